The molecule has 0 aliphatic carbocycles. The molecule has 0 radical (unpaired) electrons. The number of hydrogen-bond acceptors (Lipinski definition) is 1. The Morgan fingerprint density at radius 3 is 1.44 bits per heavy atom. The summed E-state index contributed by atoms with van der Waals surface area (Å²) < 4.78 is 0. The molecule has 6 heteroatoms. The van der Waals surface area contributed by atoms with E-state index in [1.54, 1.807) is 4.91 Å². The van der Waals surface area contributed by atoms with E-state index in [0.29, 0.717) is 0 Å². The zero-order valence-corrected chi connectivity index (χ0v) is 6.90. The number of rotatable bonds is 1. The molecule has 0 aromatic rings. The van der Waals surface area contributed by atoms with Crippen LogP contribution in [0.3, 0.4) is 0 Å². The SMILES string of the molecule is [CH3-].[N-]=[N+]=N.[NH-]CC[NH-].[Ru+4]. The van der Waals surface area contributed by atoms with Crippen LogP contribution < -0.4 is 0 Å². The zero-order valence-electron chi connectivity index (χ0n) is 5.16. The molecule has 54 valence electrons. The fourth-order valence-corrected chi connectivity index (χ4v) is 0. The van der Waals surface area contributed by atoms with Crippen molar-refractivity contribution in [2.24, 2.45) is 0 Å². The Balaban J connectivity index is -0.0000000233. The smallest absolute Gasteiger partial charge is 0.679 e. The standard InChI is InChI=1S/C2H6N2.CH3.HN3.Ru/c3-1-2-4;;1-3-2;/h3-4H,1-2H2;1H3;1H;/q-2;-1;;+4. The van der Waals surface area contributed by atoms with Crippen LogP contribution in [-0.2, 0) is 19.5 Å². The minimum atomic E-state index is 0. The van der Waals surface area contributed by atoms with E-state index in [0.717, 1.165) is 0 Å². The molecule has 0 fully saturated rings. The van der Waals surface area contributed by atoms with Gasteiger partial charge in [0.1, 0.15) is 0 Å². The van der Waals surface area contributed by atoms with Gasteiger partial charge in [-0.25, -0.2) is 0 Å². The Morgan fingerprint density at radius 2 is 1.44 bits per heavy atom. The van der Waals surface area contributed by atoms with Crippen molar-refractivity contribution < 1.29 is 19.5 Å². The second-order valence-electron chi connectivity index (χ2n) is 0.600. The van der Waals surface area contributed by atoms with Gasteiger partial charge < -0.3 is 18.9 Å². The summed E-state index contributed by atoms with van der Waals surface area (Å²) >= 11 is 0. The summed E-state index contributed by atoms with van der Waals surface area (Å²) in [5.41, 5.74) is 24.8. The molecule has 0 aliphatic heterocycles. The molecule has 0 bridgehead atoms. The maximum atomic E-state index is 6.86. The molecular weight excluding hydrogens is 207 g/mol. The third kappa shape index (κ3) is 369. The fourth-order valence-electron chi connectivity index (χ4n) is 0. The van der Waals surface area contributed by atoms with Crippen LogP contribution in [0.4, 0.5) is 0 Å². The van der Waals surface area contributed by atoms with Crippen LogP contribution in [0.25, 0.3) is 21.9 Å². The molecule has 0 aromatic heterocycles. The Labute approximate surface area is 68.0 Å². The molecule has 0 heterocycles. The predicted octanol–water partition coefficient (Wildman–Crippen LogP) is 2.41. The molecule has 0 spiro atoms. The molecule has 0 atom stereocenters. The second-order valence-corrected chi connectivity index (χ2v) is 0.600. The van der Waals surface area contributed by atoms with Gasteiger partial charge in [-0.3, -0.25) is 0 Å². The quantitative estimate of drug-likeness (QED) is 0.229. The fraction of sp³-hybridized carbons (Fsp3) is 0.667. The predicted molar refractivity (Wildman–Crippen MR) is 34.2 cm³/mol. The van der Waals surface area contributed by atoms with Crippen LogP contribution in [0.5, 0.6) is 0 Å². The summed E-state index contributed by atoms with van der Waals surface area (Å²) in [6.07, 6.45) is 0. The maximum absolute atomic E-state index is 6.86. The Morgan fingerprint density at radius 1 is 1.33 bits per heavy atom. The first-order valence-corrected chi connectivity index (χ1v) is 1.63. The van der Waals surface area contributed by atoms with Crippen molar-refractivity contribution in [3.63, 3.8) is 0 Å². The Hall–Kier alpha value is -0.147. The first-order valence-electron chi connectivity index (χ1n) is 1.63. The first kappa shape index (κ1) is 23.2. The van der Waals surface area contributed by atoms with Crippen LogP contribution in [0.1, 0.15) is 0 Å². The molecule has 0 aliphatic rings. The van der Waals surface area contributed by atoms with Crippen molar-refractivity contribution >= 4 is 0 Å². The van der Waals surface area contributed by atoms with E-state index in [2.05, 4.69) is 0 Å². The molecule has 5 nitrogen and oxygen atoms in total. The zero-order chi connectivity index (χ0) is 6.12. The van der Waals surface area contributed by atoms with E-state index >= 15 is 0 Å². The molecule has 9 heavy (non-hydrogen) atoms. The van der Waals surface area contributed by atoms with Crippen LogP contribution in [0, 0.1) is 13.0 Å². The Kier molecular flexibility index (Phi) is 117. The summed E-state index contributed by atoms with van der Waals surface area (Å²) in [7, 11) is 0. The summed E-state index contributed by atoms with van der Waals surface area (Å²) in [6.45, 7) is 0.472. The molecule has 0 saturated carbocycles. The summed E-state index contributed by atoms with van der Waals surface area (Å²) in [5, 5.41) is 0. The normalized spacial score (nSPS) is 4.22. The molecule has 0 rings (SSSR count). The third-order valence-electron chi connectivity index (χ3n) is 0.125. The largest absolute Gasteiger partial charge is 4.00 e. The van der Waals surface area contributed by atoms with E-state index in [9.17, 15) is 0 Å². The summed E-state index contributed by atoms with van der Waals surface area (Å²) in [5.74, 6) is 0. The number of nitrogens with one attached hydrogen (secondary N) is 3. The molecule has 0 aromatic carbocycles. The summed E-state index contributed by atoms with van der Waals surface area (Å²) in [6, 6.07) is 0. The van der Waals surface area contributed by atoms with E-state index < -0.39 is 0 Å². The van der Waals surface area contributed by atoms with Gasteiger partial charge in [-0.2, -0.15) is 13.1 Å². The minimum absolute atomic E-state index is 0. The van der Waals surface area contributed by atoms with Crippen LogP contribution >= 0.6 is 0 Å². The van der Waals surface area contributed by atoms with Crippen molar-refractivity contribution in [1.29, 1.82) is 5.53 Å². The van der Waals surface area contributed by atoms with Gasteiger partial charge in [0.25, 0.3) is 0 Å². The van der Waals surface area contributed by atoms with Gasteiger partial charge in [0.2, 0.25) is 0 Å². The van der Waals surface area contributed by atoms with Crippen molar-refractivity contribution in [2.45, 2.75) is 0 Å². The van der Waals surface area contributed by atoms with E-state index in [-0.39, 0.29) is 40.0 Å². The van der Waals surface area contributed by atoms with Crippen LogP contribution in [-0.4, -0.2) is 13.1 Å². The average Bonchev–Trinajstić information content (AvgIpc) is 1.69. The van der Waals surface area contributed by atoms with Gasteiger partial charge in [0, 0.05) is 0 Å². The monoisotopic (exact) mass is 218 g/mol. The minimum Gasteiger partial charge on any atom is -0.679 e. The van der Waals surface area contributed by atoms with Gasteiger partial charge in [-0.1, -0.05) is 0 Å². The van der Waals surface area contributed by atoms with Gasteiger partial charge in [-0.05, 0) is 10.4 Å². The van der Waals surface area contributed by atoms with Crippen molar-refractivity contribution in [3.8, 4) is 0 Å². The van der Waals surface area contributed by atoms with Gasteiger partial charge >= 0.3 is 19.5 Å². The van der Waals surface area contributed by atoms with Crippen molar-refractivity contribution in [1.82, 2.24) is 0 Å². The number of nitrogens with zero attached hydrogens (tertiary/aromatic N) is 2. The van der Waals surface area contributed by atoms with Gasteiger partial charge in [0.05, 0.1) is 0 Å². The second kappa shape index (κ2) is 45.3. The van der Waals surface area contributed by atoms with Crippen molar-refractivity contribution in [2.75, 3.05) is 13.1 Å². The molecule has 0 unspecified atom stereocenters. The first-order chi connectivity index (χ1) is 3.33. The Bertz CT molecular complexity index is 48.2. The van der Waals surface area contributed by atoms with Gasteiger partial charge in [0.15, 0.2) is 0 Å². The van der Waals surface area contributed by atoms with E-state index in [1.807, 2.05) is 0 Å². The van der Waals surface area contributed by atoms with Crippen molar-refractivity contribution in [3.05, 3.63) is 29.3 Å². The van der Waals surface area contributed by atoms with E-state index in [4.69, 9.17) is 22.5 Å². The van der Waals surface area contributed by atoms with Crippen LogP contribution in [0.2, 0.25) is 0 Å². The molecule has 0 amide bonds. The summed E-state index contributed by atoms with van der Waals surface area (Å²) in [4.78, 5) is 1.75. The molecular formula is C3H10N5Ru+. The van der Waals surface area contributed by atoms with Crippen LogP contribution in [0.15, 0.2) is 0 Å². The van der Waals surface area contributed by atoms with Gasteiger partial charge in [-0.15, -0.1) is 5.53 Å². The molecule has 3 N–H and O–H groups in total. The third-order valence-corrected chi connectivity index (χ3v) is 0.125. The number of hydrogen-bond donors (Lipinski definition) is 1. The van der Waals surface area contributed by atoms with E-state index in [1.165, 1.54) is 0 Å². The average molecular weight is 217 g/mol. The molecule has 0 saturated heterocycles. The maximum Gasteiger partial charge on any atom is 4.00 e. The topological polar surface area (TPSA) is 108 Å².